The van der Waals surface area contributed by atoms with Gasteiger partial charge in [0.25, 0.3) is 5.91 Å². The Balaban J connectivity index is 1.43. The Morgan fingerprint density at radius 1 is 1.28 bits per heavy atom. The van der Waals surface area contributed by atoms with E-state index >= 15 is 0 Å². The molecular weight excluding hydrogens is 386 g/mol. The van der Waals surface area contributed by atoms with E-state index in [1.54, 1.807) is 17.5 Å². The zero-order valence-corrected chi connectivity index (χ0v) is 18.0. The molecule has 1 aliphatic carbocycles. The monoisotopic (exact) mass is 415 g/mol. The van der Waals surface area contributed by atoms with Crippen LogP contribution in [-0.2, 0) is 30.6 Å². The van der Waals surface area contributed by atoms with Crippen LogP contribution in [0.2, 0.25) is 0 Å². The first-order chi connectivity index (χ1) is 14.0. The molecule has 2 amide bonds. The Bertz CT molecular complexity index is 903. The summed E-state index contributed by atoms with van der Waals surface area (Å²) in [6.07, 6.45) is 9.15. The molecule has 0 bridgehead atoms. The van der Waals surface area contributed by atoms with Crippen molar-refractivity contribution < 1.29 is 9.59 Å². The number of fused-ring (bicyclic) bond motifs is 2. The van der Waals surface area contributed by atoms with Gasteiger partial charge in [-0.15, -0.1) is 11.3 Å². The van der Waals surface area contributed by atoms with Crippen LogP contribution in [0.1, 0.15) is 66.2 Å². The minimum absolute atomic E-state index is 0.0176. The molecule has 2 aliphatic rings. The zero-order valence-electron chi connectivity index (χ0n) is 17.2. The highest BCUT2D eigenvalue weighted by molar-refractivity contribution is 7.15. The maximum Gasteiger partial charge on any atom is 0.260 e. The van der Waals surface area contributed by atoms with E-state index in [1.165, 1.54) is 31.1 Å². The van der Waals surface area contributed by atoms with Gasteiger partial charge in [-0.25, -0.2) is 4.98 Å². The number of amides is 2. The second-order valence-electron chi connectivity index (χ2n) is 8.26. The second kappa shape index (κ2) is 8.65. The topological polar surface area (TPSA) is 88.9 Å². The summed E-state index contributed by atoms with van der Waals surface area (Å²) in [6, 6.07) is 0. The van der Waals surface area contributed by atoms with Gasteiger partial charge in [0.05, 0.1) is 23.1 Å². The summed E-state index contributed by atoms with van der Waals surface area (Å²) >= 11 is 1.62. The highest BCUT2D eigenvalue weighted by atomic mass is 32.1. The van der Waals surface area contributed by atoms with E-state index in [2.05, 4.69) is 27.6 Å². The van der Waals surface area contributed by atoms with Crippen LogP contribution < -0.4 is 10.6 Å². The maximum atomic E-state index is 12.9. The average Bonchev–Trinajstić information content (AvgIpc) is 3.29. The molecule has 4 rings (SSSR count). The van der Waals surface area contributed by atoms with Crippen LogP contribution >= 0.6 is 11.3 Å². The smallest absolute Gasteiger partial charge is 0.260 e. The normalized spacial score (nSPS) is 20.6. The Hall–Kier alpha value is -2.22. The third-order valence-electron chi connectivity index (χ3n) is 6.02. The number of aryl methyl sites for hydroxylation is 2. The molecule has 0 fully saturated rings. The van der Waals surface area contributed by atoms with Crippen molar-refractivity contribution in [3.63, 3.8) is 0 Å². The Labute approximate surface area is 175 Å². The average molecular weight is 416 g/mol. The summed E-state index contributed by atoms with van der Waals surface area (Å²) in [6.45, 7) is 5.18. The van der Waals surface area contributed by atoms with Gasteiger partial charge in [-0.05, 0) is 43.9 Å². The fraction of sp³-hybridized carbons (Fsp3) is 0.619. The van der Waals surface area contributed by atoms with E-state index in [0.717, 1.165) is 49.5 Å². The van der Waals surface area contributed by atoms with E-state index in [4.69, 9.17) is 0 Å². The minimum Gasteiger partial charge on any atom is -0.356 e. The van der Waals surface area contributed by atoms with Crippen molar-refractivity contribution in [1.82, 2.24) is 20.1 Å². The first-order valence-corrected chi connectivity index (χ1v) is 11.4. The Morgan fingerprint density at radius 2 is 2.14 bits per heavy atom. The number of carbonyl (C=O) groups excluding carboxylic acids is 2. The Morgan fingerprint density at radius 3 is 2.93 bits per heavy atom. The van der Waals surface area contributed by atoms with Gasteiger partial charge in [-0.2, -0.15) is 5.10 Å². The highest BCUT2D eigenvalue weighted by Gasteiger charge is 2.27. The van der Waals surface area contributed by atoms with Crippen molar-refractivity contribution in [2.45, 2.75) is 65.3 Å². The van der Waals surface area contributed by atoms with Gasteiger partial charge in [0, 0.05) is 24.9 Å². The minimum atomic E-state index is -0.136. The van der Waals surface area contributed by atoms with Crippen molar-refractivity contribution >= 4 is 28.3 Å². The molecule has 7 nitrogen and oxygen atoms in total. The standard InChI is InChI=1S/C21H29N5O2S/c1-3-4-14-5-6-17-19(10-14)29-21(24-17)25-20(28)16-12-23-26-8-7-15(9-18(16)26)11-22-13(2)27/h12,14-15H,3-11H2,1-2H3,(H,22,27)(H,24,25,28). The number of nitrogens with zero attached hydrogens (tertiary/aromatic N) is 3. The predicted octanol–water partition coefficient (Wildman–Crippen LogP) is 3.20. The maximum absolute atomic E-state index is 12.9. The third-order valence-corrected chi connectivity index (χ3v) is 7.06. The molecule has 1 aliphatic heterocycles. The molecule has 0 spiro atoms. The van der Waals surface area contributed by atoms with Crippen LogP contribution in [0.15, 0.2) is 6.20 Å². The summed E-state index contributed by atoms with van der Waals surface area (Å²) in [7, 11) is 0. The summed E-state index contributed by atoms with van der Waals surface area (Å²) in [5, 5.41) is 11.0. The van der Waals surface area contributed by atoms with Crippen LogP contribution in [0.4, 0.5) is 5.13 Å². The number of anilines is 1. The second-order valence-corrected chi connectivity index (χ2v) is 9.35. The molecule has 156 valence electrons. The fourth-order valence-electron chi connectivity index (χ4n) is 4.47. The largest absolute Gasteiger partial charge is 0.356 e. The molecule has 2 N–H and O–H groups in total. The van der Waals surface area contributed by atoms with Crippen LogP contribution in [0.25, 0.3) is 0 Å². The number of rotatable bonds is 6. The number of carbonyl (C=O) groups is 2. The highest BCUT2D eigenvalue weighted by Crippen LogP contribution is 2.34. The molecule has 2 aromatic rings. The predicted molar refractivity (Wildman–Crippen MR) is 113 cm³/mol. The van der Waals surface area contributed by atoms with E-state index < -0.39 is 0 Å². The first kappa shape index (κ1) is 20.1. The SMILES string of the molecule is CCCC1CCc2nc(NC(=O)c3cnn4c3CC(CNC(C)=O)CC4)sc2C1. The molecule has 0 aromatic carbocycles. The molecule has 8 heteroatoms. The molecule has 29 heavy (non-hydrogen) atoms. The zero-order chi connectivity index (χ0) is 20.4. The number of aromatic nitrogens is 3. The molecule has 2 aromatic heterocycles. The van der Waals surface area contributed by atoms with Gasteiger partial charge in [0.2, 0.25) is 5.91 Å². The summed E-state index contributed by atoms with van der Waals surface area (Å²) in [5.41, 5.74) is 2.73. The van der Waals surface area contributed by atoms with Gasteiger partial charge in [-0.3, -0.25) is 19.6 Å². The lowest BCUT2D eigenvalue weighted by Gasteiger charge is -2.24. The number of nitrogens with one attached hydrogen (secondary N) is 2. The summed E-state index contributed by atoms with van der Waals surface area (Å²) < 4.78 is 1.92. The van der Waals surface area contributed by atoms with Gasteiger partial charge < -0.3 is 5.32 Å². The number of thiazole rings is 1. The van der Waals surface area contributed by atoms with Crippen molar-refractivity contribution in [2.24, 2.45) is 11.8 Å². The fourth-order valence-corrected chi connectivity index (χ4v) is 5.58. The molecule has 0 saturated carbocycles. The lowest BCUT2D eigenvalue weighted by Crippen LogP contribution is -2.32. The van der Waals surface area contributed by atoms with E-state index in [0.29, 0.717) is 23.2 Å². The van der Waals surface area contributed by atoms with Crippen molar-refractivity contribution in [2.75, 3.05) is 11.9 Å². The lowest BCUT2D eigenvalue weighted by atomic mass is 9.88. The van der Waals surface area contributed by atoms with Gasteiger partial charge in [-0.1, -0.05) is 19.8 Å². The lowest BCUT2D eigenvalue weighted by molar-refractivity contribution is -0.119. The third kappa shape index (κ3) is 4.52. The molecular formula is C21H29N5O2S. The quantitative estimate of drug-likeness (QED) is 0.758. The van der Waals surface area contributed by atoms with Crippen molar-refractivity contribution in [3.05, 3.63) is 28.0 Å². The van der Waals surface area contributed by atoms with Crippen LogP contribution in [0.5, 0.6) is 0 Å². The van der Waals surface area contributed by atoms with Crippen LogP contribution in [0.3, 0.4) is 0 Å². The molecule has 2 unspecified atom stereocenters. The summed E-state index contributed by atoms with van der Waals surface area (Å²) in [5.74, 6) is 0.927. The van der Waals surface area contributed by atoms with E-state index in [9.17, 15) is 9.59 Å². The van der Waals surface area contributed by atoms with Gasteiger partial charge in [0.15, 0.2) is 5.13 Å². The molecule has 3 heterocycles. The molecule has 0 radical (unpaired) electrons. The molecule has 2 atom stereocenters. The van der Waals surface area contributed by atoms with E-state index in [-0.39, 0.29) is 11.8 Å². The van der Waals surface area contributed by atoms with Crippen molar-refractivity contribution in [1.29, 1.82) is 0 Å². The number of hydrogen-bond acceptors (Lipinski definition) is 5. The van der Waals surface area contributed by atoms with Crippen LogP contribution in [0, 0.1) is 11.8 Å². The Kier molecular flexibility index (Phi) is 5.99. The first-order valence-electron chi connectivity index (χ1n) is 10.6. The molecule has 0 saturated heterocycles. The summed E-state index contributed by atoms with van der Waals surface area (Å²) in [4.78, 5) is 30.1. The van der Waals surface area contributed by atoms with Gasteiger partial charge in [0.1, 0.15) is 0 Å². The van der Waals surface area contributed by atoms with Crippen molar-refractivity contribution in [3.8, 4) is 0 Å². The van der Waals surface area contributed by atoms with E-state index in [1.807, 2.05) is 4.68 Å². The van der Waals surface area contributed by atoms with Crippen LogP contribution in [-0.4, -0.2) is 33.1 Å². The number of hydrogen-bond donors (Lipinski definition) is 2. The van der Waals surface area contributed by atoms with Gasteiger partial charge >= 0.3 is 0 Å².